The molecule has 3 heterocycles. The second-order valence-corrected chi connectivity index (χ2v) is 8.78. The van der Waals surface area contributed by atoms with Gasteiger partial charge in [0.15, 0.2) is 11.5 Å². The minimum atomic E-state index is -3.49. The maximum atomic E-state index is 13.1. The highest BCUT2D eigenvalue weighted by atomic mass is 32.2. The maximum absolute atomic E-state index is 13.1. The first-order valence-electron chi connectivity index (χ1n) is 8.88. The molecule has 1 aliphatic heterocycles. The van der Waals surface area contributed by atoms with Crippen molar-refractivity contribution in [2.75, 3.05) is 31.1 Å². The minimum absolute atomic E-state index is 0.399. The van der Waals surface area contributed by atoms with Gasteiger partial charge in [0.25, 0.3) is 0 Å². The summed E-state index contributed by atoms with van der Waals surface area (Å²) in [4.78, 5) is 2.49. The van der Waals surface area contributed by atoms with Crippen LogP contribution in [0, 0.1) is 20.8 Å². The fourth-order valence-electron chi connectivity index (χ4n) is 3.34. The van der Waals surface area contributed by atoms with Crippen molar-refractivity contribution in [3.63, 3.8) is 0 Å². The Kier molecular flexibility index (Phi) is 4.35. The van der Waals surface area contributed by atoms with Crippen molar-refractivity contribution in [2.45, 2.75) is 25.7 Å². The molecule has 4 rings (SSSR count). The molecule has 1 aromatic carbocycles. The molecule has 27 heavy (non-hydrogen) atoms. The van der Waals surface area contributed by atoms with Gasteiger partial charge in [0.1, 0.15) is 5.82 Å². The van der Waals surface area contributed by atoms with Crippen molar-refractivity contribution in [1.29, 1.82) is 0 Å². The molecule has 0 bridgehead atoms. The summed E-state index contributed by atoms with van der Waals surface area (Å²) >= 11 is 0. The smallest absolute Gasteiger partial charge is 0.243 e. The normalized spacial score (nSPS) is 16.2. The third-order valence-corrected chi connectivity index (χ3v) is 6.97. The molecule has 1 saturated heterocycles. The van der Waals surface area contributed by atoms with Gasteiger partial charge in [-0.1, -0.05) is 12.1 Å². The van der Waals surface area contributed by atoms with Crippen LogP contribution < -0.4 is 4.90 Å². The lowest BCUT2D eigenvalue weighted by molar-refractivity contribution is 0.383. The average Bonchev–Trinajstić information content (AvgIpc) is 3.04. The quantitative estimate of drug-likeness (QED) is 0.679. The van der Waals surface area contributed by atoms with Gasteiger partial charge >= 0.3 is 0 Å². The lowest BCUT2D eigenvalue weighted by Gasteiger charge is -2.34. The van der Waals surface area contributed by atoms with E-state index in [2.05, 4.69) is 20.2 Å². The summed E-state index contributed by atoms with van der Waals surface area (Å²) in [5.74, 6) is 1.53. The monoisotopic (exact) mass is 386 g/mol. The summed E-state index contributed by atoms with van der Waals surface area (Å²) in [5, 5.41) is 12.6. The molecule has 0 radical (unpaired) electrons. The van der Waals surface area contributed by atoms with Crippen LogP contribution in [-0.2, 0) is 10.0 Å². The fraction of sp³-hybridized carbons (Fsp3) is 0.389. The Morgan fingerprint density at radius 2 is 1.67 bits per heavy atom. The molecule has 2 aromatic heterocycles. The molecule has 0 saturated carbocycles. The number of hydrogen-bond donors (Lipinski definition) is 0. The highest BCUT2D eigenvalue weighted by Gasteiger charge is 2.30. The van der Waals surface area contributed by atoms with Crippen LogP contribution in [0.2, 0.25) is 0 Å². The van der Waals surface area contributed by atoms with Crippen LogP contribution in [0.25, 0.3) is 5.65 Å². The zero-order valence-corrected chi connectivity index (χ0v) is 16.4. The van der Waals surface area contributed by atoms with Gasteiger partial charge in [0.2, 0.25) is 10.0 Å². The van der Waals surface area contributed by atoms with E-state index in [9.17, 15) is 8.42 Å². The summed E-state index contributed by atoms with van der Waals surface area (Å²) in [5.41, 5.74) is 2.42. The van der Waals surface area contributed by atoms with Crippen molar-refractivity contribution in [3.8, 4) is 0 Å². The lowest BCUT2D eigenvalue weighted by atomic mass is 10.2. The molecule has 0 atom stereocenters. The van der Waals surface area contributed by atoms with E-state index in [1.54, 1.807) is 14.9 Å². The fourth-order valence-corrected chi connectivity index (χ4v) is 5.07. The predicted molar refractivity (Wildman–Crippen MR) is 102 cm³/mol. The third kappa shape index (κ3) is 3.17. The molecule has 0 spiro atoms. The Balaban J connectivity index is 1.54. The Morgan fingerprint density at radius 1 is 0.926 bits per heavy atom. The SMILES string of the molecule is Cc1ccc(C)c(S(=O)(=O)N2CCN(c3ccc4nnc(C)n4n3)CC2)c1. The molecule has 8 nitrogen and oxygen atoms in total. The molecule has 3 aromatic rings. The Morgan fingerprint density at radius 3 is 2.41 bits per heavy atom. The number of hydrogen-bond acceptors (Lipinski definition) is 6. The number of aromatic nitrogens is 4. The van der Waals surface area contributed by atoms with Gasteiger partial charge in [-0.05, 0) is 50.1 Å². The van der Waals surface area contributed by atoms with Gasteiger partial charge in [-0.2, -0.15) is 8.82 Å². The van der Waals surface area contributed by atoms with E-state index < -0.39 is 10.0 Å². The van der Waals surface area contributed by atoms with E-state index in [-0.39, 0.29) is 0 Å². The number of sulfonamides is 1. The second kappa shape index (κ2) is 6.58. The standard InChI is InChI=1S/C18H22N6O2S/c1-13-4-5-14(2)16(12-13)27(25,26)23-10-8-22(9-11-23)18-7-6-17-20-19-15(3)24(17)21-18/h4-7,12H,8-11H2,1-3H3. The third-order valence-electron chi connectivity index (χ3n) is 4.93. The van der Waals surface area contributed by atoms with Gasteiger partial charge in [-0.25, -0.2) is 8.42 Å². The number of piperazine rings is 1. The molecule has 1 aliphatic rings. The van der Waals surface area contributed by atoms with Crippen molar-refractivity contribution in [2.24, 2.45) is 0 Å². The van der Waals surface area contributed by atoms with E-state index in [4.69, 9.17) is 0 Å². The van der Waals surface area contributed by atoms with E-state index in [1.807, 2.05) is 45.0 Å². The van der Waals surface area contributed by atoms with Crippen molar-refractivity contribution < 1.29 is 8.42 Å². The van der Waals surface area contributed by atoms with Gasteiger partial charge in [0.05, 0.1) is 4.90 Å². The Labute approximate surface area is 158 Å². The molecule has 1 fully saturated rings. The highest BCUT2D eigenvalue weighted by Crippen LogP contribution is 2.23. The molecule has 0 aliphatic carbocycles. The molecule has 142 valence electrons. The minimum Gasteiger partial charge on any atom is -0.353 e. The van der Waals surface area contributed by atoms with E-state index in [0.29, 0.717) is 36.7 Å². The Hall–Kier alpha value is -2.52. The van der Waals surface area contributed by atoms with Gasteiger partial charge in [-0.15, -0.1) is 15.3 Å². The van der Waals surface area contributed by atoms with Crippen molar-refractivity contribution in [1.82, 2.24) is 24.1 Å². The number of anilines is 1. The van der Waals surface area contributed by atoms with Crippen LogP contribution in [0.15, 0.2) is 35.2 Å². The van der Waals surface area contributed by atoms with Crippen LogP contribution in [0.1, 0.15) is 17.0 Å². The zero-order valence-electron chi connectivity index (χ0n) is 15.6. The van der Waals surface area contributed by atoms with Crippen LogP contribution in [0.5, 0.6) is 0 Å². The molecule has 0 amide bonds. The largest absolute Gasteiger partial charge is 0.353 e. The molecular weight excluding hydrogens is 364 g/mol. The number of rotatable bonds is 3. The molecule has 0 N–H and O–H groups in total. The topological polar surface area (TPSA) is 83.7 Å². The van der Waals surface area contributed by atoms with Crippen molar-refractivity contribution in [3.05, 3.63) is 47.3 Å². The predicted octanol–water partition coefficient (Wildman–Crippen LogP) is 1.56. The summed E-state index contributed by atoms with van der Waals surface area (Å²) in [6.07, 6.45) is 0. The van der Waals surface area contributed by atoms with Gasteiger partial charge in [0, 0.05) is 26.2 Å². The number of nitrogens with zero attached hydrogens (tertiary/aromatic N) is 6. The van der Waals surface area contributed by atoms with E-state index in [0.717, 1.165) is 22.8 Å². The first-order chi connectivity index (χ1) is 12.9. The number of benzene rings is 1. The lowest BCUT2D eigenvalue weighted by Crippen LogP contribution is -2.49. The second-order valence-electron chi connectivity index (χ2n) is 6.87. The van der Waals surface area contributed by atoms with Gasteiger partial charge < -0.3 is 4.90 Å². The van der Waals surface area contributed by atoms with Crippen LogP contribution in [0.3, 0.4) is 0 Å². The first-order valence-corrected chi connectivity index (χ1v) is 10.3. The van der Waals surface area contributed by atoms with E-state index in [1.165, 1.54) is 0 Å². The summed E-state index contributed by atoms with van der Waals surface area (Å²) < 4.78 is 29.4. The maximum Gasteiger partial charge on any atom is 0.243 e. The van der Waals surface area contributed by atoms with Crippen LogP contribution in [0.4, 0.5) is 5.82 Å². The van der Waals surface area contributed by atoms with Crippen LogP contribution >= 0.6 is 0 Å². The summed E-state index contributed by atoms with van der Waals surface area (Å²) in [6.45, 7) is 7.63. The van der Waals surface area contributed by atoms with E-state index >= 15 is 0 Å². The van der Waals surface area contributed by atoms with Crippen molar-refractivity contribution >= 4 is 21.5 Å². The molecule has 0 unspecified atom stereocenters. The number of aryl methyl sites for hydroxylation is 3. The average molecular weight is 386 g/mol. The summed E-state index contributed by atoms with van der Waals surface area (Å²) in [6, 6.07) is 9.32. The van der Waals surface area contributed by atoms with Crippen LogP contribution in [-0.4, -0.2) is 58.7 Å². The summed E-state index contributed by atoms with van der Waals surface area (Å²) in [7, 11) is -3.49. The number of fused-ring (bicyclic) bond motifs is 1. The molecule has 9 heteroatoms. The highest BCUT2D eigenvalue weighted by molar-refractivity contribution is 7.89. The molecular formula is C18H22N6O2S. The Bertz CT molecular complexity index is 1100. The first kappa shape index (κ1) is 17.9. The van der Waals surface area contributed by atoms with Gasteiger partial charge in [-0.3, -0.25) is 0 Å². The zero-order chi connectivity index (χ0) is 19.2.